The second kappa shape index (κ2) is 11.3. The first-order valence-electron chi connectivity index (χ1n) is 11.5. The van der Waals surface area contributed by atoms with Gasteiger partial charge in [0.25, 0.3) is 0 Å². The van der Waals surface area contributed by atoms with Gasteiger partial charge in [0.2, 0.25) is 0 Å². The van der Waals surface area contributed by atoms with Gasteiger partial charge in [0.05, 0.1) is 0 Å². The zero-order valence-electron chi connectivity index (χ0n) is 18.7. The molecule has 0 N–H and O–H groups in total. The van der Waals surface area contributed by atoms with Crippen LogP contribution in [0.5, 0.6) is 5.75 Å². The summed E-state index contributed by atoms with van der Waals surface area (Å²) < 4.78 is 6.08. The molecule has 0 amide bonds. The number of nitrogens with zero attached hydrogens (tertiary/aromatic N) is 1. The second-order valence-corrected chi connectivity index (χ2v) is 8.28. The van der Waals surface area contributed by atoms with Gasteiger partial charge in [0.1, 0.15) is 12.4 Å². The van der Waals surface area contributed by atoms with Gasteiger partial charge in [0.15, 0.2) is 0 Å². The molecule has 4 rings (SSSR count). The zero-order chi connectivity index (χ0) is 22.0. The first-order chi connectivity index (χ1) is 15.8. The van der Waals surface area contributed by atoms with E-state index >= 15 is 0 Å². The Labute approximate surface area is 191 Å². The van der Waals surface area contributed by atoms with Crippen molar-refractivity contribution >= 4 is 0 Å². The third-order valence-corrected chi connectivity index (χ3v) is 6.16. The van der Waals surface area contributed by atoms with E-state index in [0.717, 1.165) is 25.0 Å². The maximum atomic E-state index is 6.08. The van der Waals surface area contributed by atoms with E-state index in [2.05, 4.69) is 84.7 Å². The van der Waals surface area contributed by atoms with Gasteiger partial charge in [-0.25, -0.2) is 0 Å². The molecule has 2 nitrogen and oxygen atoms in total. The molecule has 0 spiro atoms. The summed E-state index contributed by atoms with van der Waals surface area (Å²) in [4.78, 5) is 4.38. The quantitative estimate of drug-likeness (QED) is 0.261. The second-order valence-electron chi connectivity index (χ2n) is 8.28. The van der Waals surface area contributed by atoms with Crippen molar-refractivity contribution in [2.45, 2.75) is 44.6 Å². The van der Waals surface area contributed by atoms with E-state index in [4.69, 9.17) is 4.74 Å². The molecule has 2 unspecified atom stereocenters. The fourth-order valence-electron chi connectivity index (χ4n) is 4.37. The van der Waals surface area contributed by atoms with E-state index in [1.54, 1.807) is 0 Å². The lowest BCUT2D eigenvalue weighted by atomic mass is 9.83. The third kappa shape index (κ3) is 5.85. The van der Waals surface area contributed by atoms with Crippen molar-refractivity contribution in [3.05, 3.63) is 132 Å². The monoisotopic (exact) mass is 421 g/mol. The van der Waals surface area contributed by atoms with Crippen molar-refractivity contribution in [3.63, 3.8) is 0 Å². The summed E-state index contributed by atoms with van der Waals surface area (Å²) in [7, 11) is 0. The molecule has 2 atom stereocenters. The fraction of sp³-hybridized carbons (Fsp3) is 0.233. The lowest BCUT2D eigenvalue weighted by Gasteiger charge is -2.22. The van der Waals surface area contributed by atoms with Crippen LogP contribution in [0.15, 0.2) is 109 Å². The van der Waals surface area contributed by atoms with Gasteiger partial charge in [-0.1, -0.05) is 85.8 Å². The Kier molecular flexibility index (Phi) is 7.70. The van der Waals surface area contributed by atoms with Gasteiger partial charge in [-0.2, -0.15) is 0 Å². The minimum absolute atomic E-state index is 0.358. The molecule has 0 radical (unpaired) electrons. The van der Waals surface area contributed by atoms with Crippen molar-refractivity contribution in [1.82, 2.24) is 4.98 Å². The average Bonchev–Trinajstić information content (AvgIpc) is 2.87. The maximum Gasteiger partial charge on any atom is 0.120 e. The number of rotatable bonds is 10. The highest BCUT2D eigenvalue weighted by atomic mass is 16.5. The number of hydrogen-bond acceptors (Lipinski definition) is 2. The van der Waals surface area contributed by atoms with E-state index in [9.17, 15) is 0 Å². The zero-order valence-corrected chi connectivity index (χ0v) is 18.7. The Bertz CT molecular complexity index is 1020. The van der Waals surface area contributed by atoms with E-state index in [1.165, 1.54) is 22.3 Å². The maximum absolute atomic E-state index is 6.08. The third-order valence-electron chi connectivity index (χ3n) is 6.16. The molecule has 4 aromatic rings. The number of benzene rings is 3. The molecule has 3 aromatic carbocycles. The highest BCUT2D eigenvalue weighted by Gasteiger charge is 2.18. The van der Waals surface area contributed by atoms with E-state index in [-0.39, 0.29) is 0 Å². The predicted molar refractivity (Wildman–Crippen MR) is 132 cm³/mol. The molecule has 0 bridgehead atoms. The molecule has 32 heavy (non-hydrogen) atoms. The van der Waals surface area contributed by atoms with Gasteiger partial charge >= 0.3 is 0 Å². The minimum atomic E-state index is 0.358. The summed E-state index contributed by atoms with van der Waals surface area (Å²) in [6.07, 6.45) is 7.17. The normalized spacial score (nSPS) is 12.8. The van der Waals surface area contributed by atoms with Crippen molar-refractivity contribution < 1.29 is 4.74 Å². The van der Waals surface area contributed by atoms with Crippen molar-refractivity contribution in [2.24, 2.45) is 0 Å². The Morgan fingerprint density at radius 3 is 2.16 bits per heavy atom. The largest absolute Gasteiger partial charge is 0.489 e. The van der Waals surface area contributed by atoms with Crippen LogP contribution in [0.4, 0.5) is 0 Å². The SMILES string of the molecule is CCC(CCC(c1ccccc1)c1cccnc1)c1cccc(OCc2ccccc2)c1. The van der Waals surface area contributed by atoms with E-state index in [0.29, 0.717) is 18.4 Å². The van der Waals surface area contributed by atoms with E-state index < -0.39 is 0 Å². The van der Waals surface area contributed by atoms with Crippen LogP contribution in [-0.2, 0) is 6.61 Å². The fourth-order valence-corrected chi connectivity index (χ4v) is 4.37. The molecule has 0 fully saturated rings. The highest BCUT2D eigenvalue weighted by Crippen LogP contribution is 2.35. The number of pyridine rings is 1. The lowest BCUT2D eigenvalue weighted by Crippen LogP contribution is -2.06. The van der Waals surface area contributed by atoms with Crippen molar-refractivity contribution in [3.8, 4) is 5.75 Å². The topological polar surface area (TPSA) is 22.1 Å². The molecule has 0 saturated carbocycles. The molecule has 1 heterocycles. The number of hydrogen-bond donors (Lipinski definition) is 0. The lowest BCUT2D eigenvalue weighted by molar-refractivity contribution is 0.305. The Hall–Kier alpha value is -3.39. The molecule has 0 aliphatic heterocycles. The summed E-state index contributed by atoms with van der Waals surface area (Å²) in [5.74, 6) is 1.80. The van der Waals surface area contributed by atoms with Crippen molar-refractivity contribution in [2.75, 3.05) is 0 Å². The first-order valence-corrected chi connectivity index (χ1v) is 11.5. The van der Waals surface area contributed by atoms with Gasteiger partial charge in [-0.15, -0.1) is 0 Å². The number of aromatic nitrogens is 1. The minimum Gasteiger partial charge on any atom is -0.489 e. The van der Waals surface area contributed by atoms with Crippen molar-refractivity contribution in [1.29, 1.82) is 0 Å². The average molecular weight is 422 g/mol. The van der Waals surface area contributed by atoms with Crippen LogP contribution in [0, 0.1) is 0 Å². The summed E-state index contributed by atoms with van der Waals surface area (Å²) in [5.41, 5.74) is 5.19. The van der Waals surface area contributed by atoms with Crippen LogP contribution in [0.25, 0.3) is 0 Å². The predicted octanol–water partition coefficient (Wildman–Crippen LogP) is 7.77. The summed E-state index contributed by atoms with van der Waals surface area (Å²) in [6, 6.07) is 34.0. The molecule has 0 saturated heterocycles. The van der Waals surface area contributed by atoms with Gasteiger partial charge in [0, 0.05) is 18.3 Å². The molecular weight excluding hydrogens is 390 g/mol. The van der Waals surface area contributed by atoms with Gasteiger partial charge < -0.3 is 4.74 Å². The Balaban J connectivity index is 1.46. The Morgan fingerprint density at radius 2 is 1.44 bits per heavy atom. The number of ether oxygens (including phenoxy) is 1. The molecular formula is C30H31NO. The van der Waals surface area contributed by atoms with Crippen LogP contribution in [0.2, 0.25) is 0 Å². The van der Waals surface area contributed by atoms with Crippen LogP contribution in [0.1, 0.15) is 60.3 Å². The first kappa shape index (κ1) is 21.8. The summed E-state index contributed by atoms with van der Waals surface area (Å²) in [6.45, 7) is 2.88. The molecule has 2 heteroatoms. The standard InChI is InChI=1S/C30H31NO/c1-2-25(27-15-9-17-29(21-27)32-23-24-11-5-3-6-12-24)18-19-30(26-13-7-4-8-14-26)28-16-10-20-31-22-28/h3-17,20-22,25,30H,2,18-19,23H2,1H3. The van der Waals surface area contributed by atoms with Crippen LogP contribution in [-0.4, -0.2) is 4.98 Å². The summed E-state index contributed by atoms with van der Waals surface area (Å²) >= 11 is 0. The smallest absolute Gasteiger partial charge is 0.120 e. The molecule has 1 aromatic heterocycles. The summed E-state index contributed by atoms with van der Waals surface area (Å²) in [5, 5.41) is 0. The van der Waals surface area contributed by atoms with Crippen LogP contribution >= 0.6 is 0 Å². The highest BCUT2D eigenvalue weighted by molar-refractivity contribution is 5.33. The molecule has 0 aliphatic carbocycles. The van der Waals surface area contributed by atoms with Gasteiger partial charge in [-0.05, 0) is 65.6 Å². The van der Waals surface area contributed by atoms with E-state index in [1.807, 2.05) is 36.7 Å². The van der Waals surface area contributed by atoms with Gasteiger partial charge in [-0.3, -0.25) is 4.98 Å². The Morgan fingerprint density at radius 1 is 0.719 bits per heavy atom. The molecule has 162 valence electrons. The van der Waals surface area contributed by atoms with Crippen LogP contribution < -0.4 is 4.74 Å². The van der Waals surface area contributed by atoms with Crippen LogP contribution in [0.3, 0.4) is 0 Å². The molecule has 0 aliphatic rings.